The van der Waals surface area contributed by atoms with Crippen molar-refractivity contribution < 1.29 is 9.69 Å². The number of hydrogen-bond donors (Lipinski definition) is 0. The molecule has 0 aliphatic carbocycles. The molecule has 0 amide bonds. The predicted molar refractivity (Wildman–Crippen MR) is 31.4 cm³/mol. The van der Waals surface area contributed by atoms with E-state index in [0.29, 0.717) is 0 Å². The molecule has 0 atom stereocenters. The van der Waals surface area contributed by atoms with Crippen LogP contribution in [0.4, 0.5) is 0 Å². The normalized spacial score (nSPS) is 23.0. The summed E-state index contributed by atoms with van der Waals surface area (Å²) in [6.07, 6.45) is 4.66. The lowest BCUT2D eigenvalue weighted by molar-refractivity contribution is -0.210. The van der Waals surface area contributed by atoms with E-state index >= 15 is 0 Å². The van der Waals surface area contributed by atoms with Gasteiger partial charge in [-0.3, -0.25) is 4.89 Å². The molecular formula is C5H10BO2. The number of hydrogen-bond acceptors (Lipinski definition) is 2. The van der Waals surface area contributed by atoms with Crippen molar-refractivity contribution in [3.05, 3.63) is 0 Å². The summed E-state index contributed by atoms with van der Waals surface area (Å²) in [5.74, 6) is 0. The third-order valence-electron chi connectivity index (χ3n) is 1.19. The lowest BCUT2D eigenvalue weighted by Crippen LogP contribution is -2.04. The molecule has 0 spiro atoms. The molecule has 1 heterocycles. The lowest BCUT2D eigenvalue weighted by Gasteiger charge is -2.06. The van der Waals surface area contributed by atoms with Gasteiger partial charge in [0, 0.05) is 0 Å². The molecule has 0 bridgehead atoms. The van der Waals surface area contributed by atoms with Crippen molar-refractivity contribution in [3.8, 4) is 0 Å². The average molecular weight is 113 g/mol. The van der Waals surface area contributed by atoms with Gasteiger partial charge in [-0.05, 0) is 12.7 Å². The van der Waals surface area contributed by atoms with Crippen LogP contribution in [-0.4, -0.2) is 14.1 Å². The van der Waals surface area contributed by atoms with Crippen molar-refractivity contribution in [1.82, 2.24) is 0 Å². The summed E-state index contributed by atoms with van der Waals surface area (Å²) in [4.78, 5) is 9.37. The predicted octanol–water partition coefficient (Wildman–Crippen LogP) is 1.16. The second kappa shape index (κ2) is 3.92. The summed E-state index contributed by atoms with van der Waals surface area (Å²) in [6, 6.07) is 0. The van der Waals surface area contributed by atoms with Gasteiger partial charge in [0.25, 0.3) is 0 Å². The Kier molecular flexibility index (Phi) is 3.00. The van der Waals surface area contributed by atoms with Gasteiger partial charge in [0.2, 0.25) is 0 Å². The summed E-state index contributed by atoms with van der Waals surface area (Å²) in [5, 5.41) is 0. The van der Waals surface area contributed by atoms with Gasteiger partial charge in [0.05, 0.1) is 6.61 Å². The Balaban J connectivity index is 2.00. The second-order valence-electron chi connectivity index (χ2n) is 1.93. The van der Waals surface area contributed by atoms with Crippen LogP contribution < -0.4 is 0 Å². The standard InChI is InChI=1S/C5H10BO2/c1-2-4-6-8-7-5-3-1/h1-5H2. The molecule has 1 fully saturated rings. The minimum absolute atomic E-state index is 0.747. The van der Waals surface area contributed by atoms with Gasteiger partial charge < -0.3 is 4.81 Å². The highest BCUT2D eigenvalue weighted by molar-refractivity contribution is 6.26. The molecule has 2 nitrogen and oxygen atoms in total. The largest absolute Gasteiger partial charge is 0.344 e. The Hall–Kier alpha value is -0.0151. The van der Waals surface area contributed by atoms with Crippen molar-refractivity contribution in [2.45, 2.75) is 25.6 Å². The summed E-state index contributed by atoms with van der Waals surface area (Å²) in [7, 11) is 1.72. The highest BCUT2D eigenvalue weighted by Gasteiger charge is 1.98. The van der Waals surface area contributed by atoms with Crippen LogP contribution in [0.5, 0.6) is 0 Å². The van der Waals surface area contributed by atoms with Gasteiger partial charge in [-0.2, -0.15) is 0 Å². The fraction of sp³-hybridized carbons (Fsp3) is 1.00. The summed E-state index contributed by atoms with van der Waals surface area (Å²) < 4.78 is 0. The molecule has 1 saturated heterocycles. The molecule has 1 radical (unpaired) electrons. The minimum Gasteiger partial charge on any atom is -0.311 e. The average Bonchev–Trinajstić information content (AvgIpc) is 1.62. The van der Waals surface area contributed by atoms with Crippen molar-refractivity contribution in [2.24, 2.45) is 0 Å². The zero-order valence-corrected chi connectivity index (χ0v) is 4.93. The summed E-state index contributed by atoms with van der Waals surface area (Å²) in [6.45, 7) is 0.747. The van der Waals surface area contributed by atoms with Crippen molar-refractivity contribution in [1.29, 1.82) is 0 Å². The van der Waals surface area contributed by atoms with Gasteiger partial charge >= 0.3 is 7.48 Å². The van der Waals surface area contributed by atoms with Gasteiger partial charge in [0.15, 0.2) is 0 Å². The molecule has 0 aromatic rings. The molecule has 45 valence electrons. The molecule has 0 aromatic carbocycles. The van der Waals surface area contributed by atoms with Crippen LogP contribution in [0.1, 0.15) is 19.3 Å². The van der Waals surface area contributed by atoms with Crippen LogP contribution in [0.3, 0.4) is 0 Å². The molecule has 1 aliphatic rings. The fourth-order valence-electron chi connectivity index (χ4n) is 0.710. The van der Waals surface area contributed by atoms with E-state index in [-0.39, 0.29) is 0 Å². The maximum absolute atomic E-state index is 4.72. The van der Waals surface area contributed by atoms with Crippen LogP contribution in [0.2, 0.25) is 6.32 Å². The van der Waals surface area contributed by atoms with E-state index in [1.54, 1.807) is 7.48 Å². The number of rotatable bonds is 0. The molecular weight excluding hydrogens is 103 g/mol. The van der Waals surface area contributed by atoms with Crippen molar-refractivity contribution in [3.63, 3.8) is 0 Å². The van der Waals surface area contributed by atoms with Crippen LogP contribution >= 0.6 is 0 Å². The monoisotopic (exact) mass is 113 g/mol. The SMILES string of the molecule is [B]1CCCCCOO1. The topological polar surface area (TPSA) is 18.5 Å². The maximum Gasteiger partial charge on any atom is 0.344 e. The van der Waals surface area contributed by atoms with Crippen molar-refractivity contribution in [2.75, 3.05) is 6.61 Å². The second-order valence-corrected chi connectivity index (χ2v) is 1.93. The van der Waals surface area contributed by atoms with Crippen molar-refractivity contribution >= 4 is 7.48 Å². The quantitative estimate of drug-likeness (QED) is 0.346. The van der Waals surface area contributed by atoms with Gasteiger partial charge in [-0.15, -0.1) is 0 Å². The smallest absolute Gasteiger partial charge is 0.311 e. The first kappa shape index (κ1) is 6.11. The molecule has 3 heteroatoms. The fourth-order valence-corrected chi connectivity index (χ4v) is 0.710. The molecule has 0 unspecified atom stereocenters. The highest BCUT2D eigenvalue weighted by Crippen LogP contribution is 2.03. The van der Waals surface area contributed by atoms with Crippen LogP contribution in [0.25, 0.3) is 0 Å². The third-order valence-corrected chi connectivity index (χ3v) is 1.19. The van der Waals surface area contributed by atoms with Crippen LogP contribution in [0.15, 0.2) is 0 Å². The molecule has 0 N–H and O–H groups in total. The third kappa shape index (κ3) is 2.33. The zero-order valence-electron chi connectivity index (χ0n) is 4.93. The Labute approximate surface area is 50.4 Å². The Morgan fingerprint density at radius 3 is 3.12 bits per heavy atom. The molecule has 1 aliphatic heterocycles. The minimum atomic E-state index is 0.747. The van der Waals surface area contributed by atoms with Gasteiger partial charge in [0.1, 0.15) is 0 Å². The molecule has 1 rings (SSSR count). The summed E-state index contributed by atoms with van der Waals surface area (Å²) in [5.41, 5.74) is 0. The van der Waals surface area contributed by atoms with E-state index in [9.17, 15) is 0 Å². The van der Waals surface area contributed by atoms with E-state index in [4.69, 9.17) is 4.89 Å². The highest BCUT2D eigenvalue weighted by atomic mass is 17.2. The molecule has 0 saturated carbocycles. The van der Waals surface area contributed by atoms with E-state index in [2.05, 4.69) is 4.81 Å². The summed E-state index contributed by atoms with van der Waals surface area (Å²) >= 11 is 0. The van der Waals surface area contributed by atoms with E-state index in [0.717, 1.165) is 19.3 Å². The first-order chi connectivity index (χ1) is 4.00. The van der Waals surface area contributed by atoms with E-state index in [1.165, 1.54) is 12.8 Å². The molecule has 0 aromatic heterocycles. The maximum atomic E-state index is 4.72. The van der Waals surface area contributed by atoms with E-state index < -0.39 is 0 Å². The van der Waals surface area contributed by atoms with Gasteiger partial charge in [-0.1, -0.05) is 12.8 Å². The van der Waals surface area contributed by atoms with Gasteiger partial charge in [-0.25, -0.2) is 0 Å². The Morgan fingerprint density at radius 2 is 2.12 bits per heavy atom. The van der Waals surface area contributed by atoms with E-state index in [1.807, 2.05) is 0 Å². The zero-order chi connectivity index (χ0) is 5.66. The van der Waals surface area contributed by atoms with Crippen LogP contribution in [-0.2, 0) is 9.69 Å². The first-order valence-electron chi connectivity index (χ1n) is 3.10. The Morgan fingerprint density at radius 1 is 1.12 bits per heavy atom. The Bertz CT molecular complexity index is 34.4. The lowest BCUT2D eigenvalue weighted by atomic mass is 9.92. The first-order valence-corrected chi connectivity index (χ1v) is 3.10. The molecule has 8 heavy (non-hydrogen) atoms. The van der Waals surface area contributed by atoms with Crippen LogP contribution in [0, 0.1) is 0 Å².